The lowest BCUT2D eigenvalue weighted by Gasteiger charge is -2.27. The Balaban J connectivity index is 2.02. The highest BCUT2D eigenvalue weighted by molar-refractivity contribution is 7.89. The molecule has 1 aliphatic rings. The van der Waals surface area contributed by atoms with Crippen LogP contribution < -0.4 is 4.72 Å². The highest BCUT2D eigenvalue weighted by Gasteiger charge is 2.25. The van der Waals surface area contributed by atoms with Crippen LogP contribution in [0.3, 0.4) is 0 Å². The maximum absolute atomic E-state index is 12.2. The van der Waals surface area contributed by atoms with Crippen LogP contribution in [0.15, 0.2) is 29.2 Å². The molecular formula is C15H21NO4S. The molecule has 0 spiro atoms. The summed E-state index contributed by atoms with van der Waals surface area (Å²) in [5, 5.41) is 9.86. The first-order valence-electron chi connectivity index (χ1n) is 7.19. The minimum absolute atomic E-state index is 0.0231. The Hall–Kier alpha value is -1.24. The van der Waals surface area contributed by atoms with Crippen LogP contribution in [0.25, 0.3) is 0 Å². The lowest BCUT2D eigenvalue weighted by Crippen LogP contribution is -2.36. The first-order chi connectivity index (χ1) is 9.90. The molecule has 1 aromatic rings. The molecule has 0 amide bonds. The Morgan fingerprint density at radius 1 is 1.24 bits per heavy atom. The van der Waals surface area contributed by atoms with Gasteiger partial charge in [0.25, 0.3) is 0 Å². The van der Waals surface area contributed by atoms with E-state index in [4.69, 9.17) is 0 Å². The Bertz CT molecular complexity index is 595. The van der Waals surface area contributed by atoms with Gasteiger partial charge in [-0.2, -0.15) is 0 Å². The fourth-order valence-electron chi connectivity index (χ4n) is 2.60. The molecule has 0 heterocycles. The molecule has 1 saturated carbocycles. The van der Waals surface area contributed by atoms with Crippen LogP contribution in [0.1, 0.15) is 43.0 Å². The molecule has 2 rings (SSSR count). The number of ketones is 1. The van der Waals surface area contributed by atoms with Gasteiger partial charge in [-0.1, -0.05) is 25.0 Å². The van der Waals surface area contributed by atoms with E-state index in [9.17, 15) is 18.3 Å². The van der Waals surface area contributed by atoms with Gasteiger partial charge in [0.2, 0.25) is 10.0 Å². The smallest absolute Gasteiger partial charge is 0.240 e. The number of sulfonamides is 1. The van der Waals surface area contributed by atoms with Gasteiger partial charge in [0.05, 0.1) is 11.0 Å². The van der Waals surface area contributed by atoms with Gasteiger partial charge in [0.15, 0.2) is 5.78 Å². The number of carbonyl (C=O) groups excluding carboxylic acids is 1. The van der Waals surface area contributed by atoms with Gasteiger partial charge in [-0.3, -0.25) is 4.79 Å². The van der Waals surface area contributed by atoms with Crippen molar-refractivity contribution in [2.24, 2.45) is 5.92 Å². The third kappa shape index (κ3) is 4.12. The predicted octanol–water partition coefficient (Wildman–Crippen LogP) is 1.72. The minimum Gasteiger partial charge on any atom is -0.393 e. The van der Waals surface area contributed by atoms with Crippen LogP contribution in [0.4, 0.5) is 0 Å². The molecule has 0 bridgehead atoms. The van der Waals surface area contributed by atoms with Gasteiger partial charge in [-0.05, 0) is 37.8 Å². The summed E-state index contributed by atoms with van der Waals surface area (Å²) in [7, 11) is -3.60. The van der Waals surface area contributed by atoms with E-state index in [2.05, 4.69) is 4.72 Å². The molecule has 5 nitrogen and oxygen atoms in total. The molecule has 0 saturated heterocycles. The Kier molecular flexibility index (Phi) is 5.13. The Morgan fingerprint density at radius 2 is 1.86 bits per heavy atom. The van der Waals surface area contributed by atoms with Gasteiger partial charge >= 0.3 is 0 Å². The number of hydrogen-bond acceptors (Lipinski definition) is 4. The fourth-order valence-corrected chi connectivity index (χ4v) is 3.69. The molecule has 1 aromatic carbocycles. The first-order valence-corrected chi connectivity index (χ1v) is 8.67. The molecule has 2 N–H and O–H groups in total. The van der Waals surface area contributed by atoms with E-state index in [0.29, 0.717) is 5.56 Å². The van der Waals surface area contributed by atoms with Crippen LogP contribution in [-0.4, -0.2) is 32.0 Å². The molecule has 2 atom stereocenters. The quantitative estimate of drug-likeness (QED) is 0.811. The lowest BCUT2D eigenvalue weighted by atomic mass is 9.87. The van der Waals surface area contributed by atoms with E-state index in [1.54, 1.807) is 0 Å². The molecule has 116 valence electrons. The summed E-state index contributed by atoms with van der Waals surface area (Å²) >= 11 is 0. The number of benzene rings is 1. The van der Waals surface area contributed by atoms with E-state index >= 15 is 0 Å². The van der Waals surface area contributed by atoms with Crippen molar-refractivity contribution in [2.45, 2.75) is 43.6 Å². The zero-order chi connectivity index (χ0) is 15.5. The monoisotopic (exact) mass is 311 g/mol. The molecule has 0 aromatic heterocycles. The van der Waals surface area contributed by atoms with Crippen molar-refractivity contribution in [2.75, 3.05) is 6.54 Å². The summed E-state index contributed by atoms with van der Waals surface area (Å²) in [4.78, 5) is 11.3. The number of aliphatic hydroxyl groups excluding tert-OH is 1. The van der Waals surface area contributed by atoms with E-state index in [1.807, 2.05) is 0 Å². The van der Waals surface area contributed by atoms with E-state index < -0.39 is 16.1 Å². The average Bonchev–Trinajstić information content (AvgIpc) is 2.46. The number of rotatable bonds is 5. The zero-order valence-electron chi connectivity index (χ0n) is 12.1. The summed E-state index contributed by atoms with van der Waals surface area (Å²) in [5.74, 6) is -0.123. The van der Waals surface area contributed by atoms with Gasteiger partial charge in [0, 0.05) is 12.1 Å². The number of Topliss-reactive ketones (excluding diaryl/α,β-unsaturated/α-hetero) is 1. The van der Waals surface area contributed by atoms with Crippen molar-refractivity contribution < 1.29 is 18.3 Å². The maximum atomic E-state index is 12.2. The standard InChI is InChI=1S/C15H21NO4S/c1-11(17)12-6-8-14(9-7-12)21(19,20)16-10-13-4-2-3-5-15(13)18/h6-9,13,15-16,18H,2-5,10H2,1H3. The number of hydrogen-bond donors (Lipinski definition) is 2. The second-order valence-electron chi connectivity index (χ2n) is 5.54. The van der Waals surface area contributed by atoms with Crippen molar-refractivity contribution >= 4 is 15.8 Å². The third-order valence-corrected chi connectivity index (χ3v) is 5.42. The van der Waals surface area contributed by atoms with Crippen molar-refractivity contribution in [1.82, 2.24) is 4.72 Å². The van der Waals surface area contributed by atoms with E-state index in [-0.39, 0.29) is 23.1 Å². The predicted molar refractivity (Wildman–Crippen MR) is 79.6 cm³/mol. The second kappa shape index (κ2) is 6.68. The van der Waals surface area contributed by atoms with Gasteiger partial charge in [-0.15, -0.1) is 0 Å². The summed E-state index contributed by atoms with van der Waals surface area (Å²) in [6, 6.07) is 5.87. The Morgan fingerprint density at radius 3 is 2.43 bits per heavy atom. The first kappa shape index (κ1) is 16.1. The molecule has 2 unspecified atom stereocenters. The van der Waals surface area contributed by atoms with Gasteiger partial charge in [-0.25, -0.2) is 13.1 Å². The van der Waals surface area contributed by atoms with Crippen molar-refractivity contribution in [3.8, 4) is 0 Å². The minimum atomic E-state index is -3.60. The molecular weight excluding hydrogens is 290 g/mol. The largest absolute Gasteiger partial charge is 0.393 e. The zero-order valence-corrected chi connectivity index (χ0v) is 12.9. The van der Waals surface area contributed by atoms with Gasteiger partial charge in [0.1, 0.15) is 0 Å². The van der Waals surface area contributed by atoms with Crippen LogP contribution in [0.5, 0.6) is 0 Å². The normalized spacial score (nSPS) is 23.0. The maximum Gasteiger partial charge on any atom is 0.240 e. The molecule has 0 aliphatic heterocycles. The van der Waals surface area contributed by atoms with Crippen LogP contribution >= 0.6 is 0 Å². The van der Waals surface area contributed by atoms with E-state index in [1.165, 1.54) is 31.2 Å². The van der Waals surface area contributed by atoms with E-state index in [0.717, 1.165) is 25.7 Å². The summed E-state index contributed by atoms with van der Waals surface area (Å²) < 4.78 is 26.9. The van der Waals surface area contributed by atoms with Crippen LogP contribution in [-0.2, 0) is 10.0 Å². The SMILES string of the molecule is CC(=O)c1ccc(S(=O)(=O)NCC2CCCCC2O)cc1. The molecule has 0 radical (unpaired) electrons. The third-order valence-electron chi connectivity index (χ3n) is 3.98. The lowest BCUT2D eigenvalue weighted by molar-refractivity contribution is 0.0724. The Labute approximate surface area is 125 Å². The molecule has 6 heteroatoms. The van der Waals surface area contributed by atoms with Crippen LogP contribution in [0.2, 0.25) is 0 Å². The summed E-state index contributed by atoms with van der Waals surface area (Å²) in [5.41, 5.74) is 0.483. The molecule has 21 heavy (non-hydrogen) atoms. The molecule has 1 fully saturated rings. The summed E-state index contributed by atoms with van der Waals surface area (Å²) in [6.45, 7) is 1.68. The van der Waals surface area contributed by atoms with Crippen molar-refractivity contribution in [1.29, 1.82) is 0 Å². The van der Waals surface area contributed by atoms with Gasteiger partial charge < -0.3 is 5.11 Å². The van der Waals surface area contributed by atoms with Crippen LogP contribution in [0, 0.1) is 5.92 Å². The number of nitrogens with one attached hydrogen (secondary N) is 1. The molecule has 1 aliphatic carbocycles. The van der Waals surface area contributed by atoms with Crippen molar-refractivity contribution in [3.05, 3.63) is 29.8 Å². The van der Waals surface area contributed by atoms with Crippen molar-refractivity contribution in [3.63, 3.8) is 0 Å². The second-order valence-corrected chi connectivity index (χ2v) is 7.31. The topological polar surface area (TPSA) is 83.5 Å². The fraction of sp³-hybridized carbons (Fsp3) is 0.533. The highest BCUT2D eigenvalue weighted by Crippen LogP contribution is 2.24. The average molecular weight is 311 g/mol. The number of carbonyl (C=O) groups is 1. The summed E-state index contributed by atoms with van der Waals surface area (Å²) in [6.07, 6.45) is 3.17. The number of aliphatic hydroxyl groups is 1. The highest BCUT2D eigenvalue weighted by atomic mass is 32.2.